The van der Waals surface area contributed by atoms with Crippen molar-refractivity contribution in [3.05, 3.63) is 90.4 Å². The van der Waals surface area contributed by atoms with Gasteiger partial charge in [0.05, 0.1) is 24.3 Å². The second-order valence-corrected chi connectivity index (χ2v) is 11.6. The van der Waals surface area contributed by atoms with E-state index in [1.807, 2.05) is 30.3 Å². The maximum atomic E-state index is 15.3. The van der Waals surface area contributed by atoms with Crippen molar-refractivity contribution in [1.29, 1.82) is 0 Å². The van der Waals surface area contributed by atoms with E-state index in [1.165, 1.54) is 30.5 Å². The zero-order valence-corrected chi connectivity index (χ0v) is 25.4. The molecule has 1 atom stereocenters. The van der Waals surface area contributed by atoms with E-state index in [9.17, 15) is 18.9 Å². The van der Waals surface area contributed by atoms with Gasteiger partial charge in [-0.1, -0.05) is 53.4 Å². The number of carbonyl (C=O) groups excluding carboxylic acids is 2. The number of hydrogen-bond donors (Lipinski definition) is 4. The van der Waals surface area contributed by atoms with Crippen LogP contribution in [0.1, 0.15) is 32.3 Å². The van der Waals surface area contributed by atoms with Crippen LogP contribution >= 0.6 is 0 Å². The number of rotatable bonds is 11. The molecule has 1 aliphatic rings. The molecule has 4 N–H and O–H groups in total. The van der Waals surface area contributed by atoms with Gasteiger partial charge in [-0.25, -0.2) is 14.2 Å². The van der Waals surface area contributed by atoms with E-state index in [4.69, 9.17) is 4.74 Å². The summed E-state index contributed by atoms with van der Waals surface area (Å²) in [5.74, 6) is -0.306. The van der Waals surface area contributed by atoms with E-state index in [0.717, 1.165) is 5.56 Å². The fraction of sp³-hybridized carbons (Fsp3) is 0.250. The highest BCUT2D eigenvalue weighted by Gasteiger charge is 2.51. The number of carbonyl (C=O) groups is 2. The molecule has 3 aromatic carbocycles. The lowest BCUT2D eigenvalue weighted by Gasteiger charge is -2.18. The SMILES string of the molecule is CCOC(=O)N=[S-](=O)c1ccc(Nc2ncc(-c3ccc(NC(=O)C4(c5ccccc5)CC4)c(F)c3)c(NC(C)CO)n2)cc1. The summed E-state index contributed by atoms with van der Waals surface area (Å²) in [6, 6.07) is 19.9. The third-order valence-corrected chi connectivity index (χ3v) is 8.21. The molecule has 1 fully saturated rings. The quantitative estimate of drug-likeness (QED) is 0.143. The van der Waals surface area contributed by atoms with Gasteiger partial charge >= 0.3 is 6.09 Å². The number of anilines is 4. The highest BCUT2D eigenvalue weighted by molar-refractivity contribution is 7.75. The van der Waals surface area contributed by atoms with Crippen LogP contribution < -0.4 is 16.0 Å². The summed E-state index contributed by atoms with van der Waals surface area (Å²) in [7, 11) is -1.92. The molecule has 13 heteroatoms. The zero-order chi connectivity index (χ0) is 32.0. The third-order valence-electron chi connectivity index (χ3n) is 7.22. The number of aromatic nitrogens is 2. The molecule has 1 saturated carbocycles. The van der Waals surface area contributed by atoms with E-state index in [2.05, 4.69) is 30.3 Å². The van der Waals surface area contributed by atoms with Crippen LogP contribution in [0.15, 0.2) is 88.3 Å². The molecule has 45 heavy (non-hydrogen) atoms. The number of benzene rings is 3. The average molecular weight is 632 g/mol. The Hall–Kier alpha value is -4.88. The van der Waals surface area contributed by atoms with E-state index in [-0.39, 0.29) is 36.8 Å². The number of nitrogens with one attached hydrogen (secondary N) is 3. The van der Waals surface area contributed by atoms with Crippen molar-refractivity contribution >= 4 is 45.7 Å². The minimum absolute atomic E-state index is 0.0721. The van der Waals surface area contributed by atoms with Crippen LogP contribution in [0.4, 0.5) is 32.3 Å². The summed E-state index contributed by atoms with van der Waals surface area (Å²) in [4.78, 5) is 33.9. The topological polar surface area (TPSA) is 155 Å². The Kier molecular flexibility index (Phi) is 9.69. The Morgan fingerprint density at radius 2 is 1.84 bits per heavy atom. The van der Waals surface area contributed by atoms with Crippen LogP contribution in [0.5, 0.6) is 0 Å². The van der Waals surface area contributed by atoms with Gasteiger partial charge in [-0.15, -0.1) is 10.6 Å². The maximum Gasteiger partial charge on any atom is 0.410 e. The third kappa shape index (κ3) is 7.44. The van der Waals surface area contributed by atoms with Crippen molar-refractivity contribution in [2.75, 3.05) is 29.2 Å². The van der Waals surface area contributed by atoms with E-state index >= 15 is 4.39 Å². The number of amides is 2. The predicted octanol–water partition coefficient (Wildman–Crippen LogP) is 6.15. The fourth-order valence-corrected chi connectivity index (χ4v) is 5.31. The predicted molar refractivity (Wildman–Crippen MR) is 169 cm³/mol. The van der Waals surface area contributed by atoms with Crippen molar-refractivity contribution < 1.29 is 28.0 Å². The molecule has 2 amide bonds. The summed E-state index contributed by atoms with van der Waals surface area (Å²) < 4.78 is 35.8. The first kappa shape index (κ1) is 31.5. The number of hydrogen-bond acceptors (Lipinski definition) is 10. The fourth-order valence-electron chi connectivity index (χ4n) is 4.65. The smallest absolute Gasteiger partial charge is 0.410 e. The number of nitrogens with zero attached hydrogens (tertiary/aromatic N) is 3. The summed E-state index contributed by atoms with van der Waals surface area (Å²) in [5.41, 5.74) is 1.85. The molecule has 0 saturated heterocycles. The molecule has 11 nitrogen and oxygen atoms in total. The number of aliphatic hydroxyl groups is 1. The summed E-state index contributed by atoms with van der Waals surface area (Å²) in [6.07, 6.45) is 2.02. The summed E-state index contributed by atoms with van der Waals surface area (Å²) in [5, 5.41) is 18.6. The average Bonchev–Trinajstić information content (AvgIpc) is 3.85. The van der Waals surface area contributed by atoms with Gasteiger partial charge in [0, 0.05) is 23.5 Å². The van der Waals surface area contributed by atoms with Gasteiger partial charge in [-0.3, -0.25) is 9.16 Å². The number of aliphatic hydroxyl groups excluding tert-OH is 1. The molecule has 1 unspecified atom stereocenters. The maximum absolute atomic E-state index is 15.3. The molecule has 0 bridgehead atoms. The Balaban J connectivity index is 1.34. The molecule has 1 aromatic heterocycles. The van der Waals surface area contributed by atoms with Crippen LogP contribution in [0.2, 0.25) is 0 Å². The van der Waals surface area contributed by atoms with Gasteiger partial charge in [0.25, 0.3) is 0 Å². The highest BCUT2D eigenvalue weighted by Crippen LogP contribution is 2.49. The normalized spacial score (nSPS) is 14.7. The van der Waals surface area contributed by atoms with Gasteiger partial charge in [0.2, 0.25) is 11.9 Å². The number of halogens is 1. The molecule has 0 radical (unpaired) electrons. The van der Waals surface area contributed by atoms with Crippen molar-refractivity contribution in [2.45, 2.75) is 43.0 Å². The minimum atomic E-state index is -1.92. The Morgan fingerprint density at radius 1 is 1.11 bits per heavy atom. The van der Waals surface area contributed by atoms with E-state index < -0.39 is 27.9 Å². The minimum Gasteiger partial charge on any atom is -0.450 e. The van der Waals surface area contributed by atoms with Gasteiger partial charge in [-0.05, 0) is 62.1 Å². The van der Waals surface area contributed by atoms with Gasteiger partial charge in [0.1, 0.15) is 11.6 Å². The molecule has 5 rings (SSSR count). The lowest BCUT2D eigenvalue weighted by Crippen LogP contribution is -2.28. The van der Waals surface area contributed by atoms with Crippen molar-refractivity contribution in [1.82, 2.24) is 9.97 Å². The van der Waals surface area contributed by atoms with Gasteiger partial charge in [0.15, 0.2) is 0 Å². The van der Waals surface area contributed by atoms with Gasteiger partial charge in [-0.2, -0.15) is 4.98 Å². The van der Waals surface area contributed by atoms with Crippen LogP contribution in [0.3, 0.4) is 0 Å². The lowest BCUT2D eigenvalue weighted by molar-refractivity contribution is -0.118. The Bertz CT molecular complexity index is 1780. The molecule has 1 aliphatic carbocycles. The first-order chi connectivity index (χ1) is 21.7. The zero-order valence-electron chi connectivity index (χ0n) is 24.6. The lowest BCUT2D eigenvalue weighted by atomic mass is 9.95. The second-order valence-electron chi connectivity index (χ2n) is 10.5. The second kappa shape index (κ2) is 13.8. The molecular weight excluding hydrogens is 599 g/mol. The molecule has 4 aromatic rings. The molecular formula is C32H32FN6O5S-. The van der Waals surface area contributed by atoms with E-state index in [0.29, 0.717) is 40.4 Å². The molecule has 234 valence electrons. The van der Waals surface area contributed by atoms with E-state index in [1.54, 1.807) is 32.0 Å². The highest BCUT2D eigenvalue weighted by atomic mass is 32.2. The summed E-state index contributed by atoms with van der Waals surface area (Å²) >= 11 is 0. The first-order valence-corrected chi connectivity index (χ1v) is 15.4. The van der Waals surface area contributed by atoms with Crippen molar-refractivity contribution in [2.24, 2.45) is 4.36 Å². The van der Waals surface area contributed by atoms with Crippen LogP contribution in [-0.2, 0) is 29.8 Å². The Morgan fingerprint density at radius 3 is 2.49 bits per heavy atom. The largest absolute Gasteiger partial charge is 0.450 e. The van der Waals surface area contributed by atoms with Crippen molar-refractivity contribution in [3.8, 4) is 11.1 Å². The van der Waals surface area contributed by atoms with Crippen LogP contribution in [0, 0.1) is 5.82 Å². The first-order valence-electron chi connectivity index (χ1n) is 14.3. The standard InChI is InChI=1S/C32H32FN6O5S/c1-3-44-31(42)39-45(43)24-12-10-23(11-13-24)36-30-34-18-25(28(38-30)35-20(2)19-40)21-9-14-27(26(33)17-21)37-29(41)32(15-16-32)22-7-5-4-6-8-22/h4-14,17-18,20,40H,3,15-16,19H2,1-2H3,(H,37,41)(H2,34,35,36,38)/q-1. The van der Waals surface area contributed by atoms with Crippen LogP contribution in [0.25, 0.3) is 11.1 Å². The van der Waals surface area contributed by atoms with Crippen molar-refractivity contribution in [3.63, 3.8) is 0 Å². The van der Waals surface area contributed by atoms with Crippen LogP contribution in [-0.4, -0.2) is 46.3 Å². The number of ether oxygens (including phenoxy) is 1. The molecule has 0 aliphatic heterocycles. The summed E-state index contributed by atoms with van der Waals surface area (Å²) in [6.45, 7) is 3.34. The van der Waals surface area contributed by atoms with Gasteiger partial charge < -0.3 is 30.0 Å². The molecule has 1 heterocycles. The Labute approximate surface area is 261 Å². The molecule has 0 spiro atoms. The monoisotopic (exact) mass is 631 g/mol.